The number of hydrogen-bond donors (Lipinski definition) is 2. The summed E-state index contributed by atoms with van der Waals surface area (Å²) in [5.41, 5.74) is 9.62. The maximum absolute atomic E-state index is 9.20. The van der Waals surface area contributed by atoms with Gasteiger partial charge in [0, 0.05) is 6.54 Å². The fourth-order valence-corrected chi connectivity index (χ4v) is 2.34. The number of nitrogens with two attached hydrogens (primary N) is 1. The van der Waals surface area contributed by atoms with Crippen LogP contribution in [0.15, 0.2) is 53.5 Å². The summed E-state index contributed by atoms with van der Waals surface area (Å²) in [7, 11) is 0. The molecule has 0 aliphatic rings. The van der Waals surface area contributed by atoms with Crippen molar-refractivity contribution in [3.63, 3.8) is 0 Å². The number of nitrogens with zero attached hydrogens (tertiary/aromatic N) is 2. The highest BCUT2D eigenvalue weighted by atomic mass is 127. The van der Waals surface area contributed by atoms with Gasteiger partial charge in [0.2, 0.25) is 0 Å². The van der Waals surface area contributed by atoms with Gasteiger partial charge < -0.3 is 11.1 Å². The van der Waals surface area contributed by atoms with Crippen LogP contribution < -0.4 is 11.1 Å². The molecule has 3 N–H and O–H groups in total. The van der Waals surface area contributed by atoms with Crippen LogP contribution in [0.25, 0.3) is 11.1 Å². The van der Waals surface area contributed by atoms with Gasteiger partial charge in [0.25, 0.3) is 0 Å². The number of guanidine groups is 1. The zero-order chi connectivity index (χ0) is 17.4. The molecule has 2 rings (SSSR count). The molecule has 4 nitrogen and oxygen atoms in total. The third-order valence-electron chi connectivity index (χ3n) is 3.77. The highest BCUT2D eigenvalue weighted by Gasteiger charge is 2.03. The van der Waals surface area contributed by atoms with Crippen molar-refractivity contribution < 1.29 is 0 Å². The van der Waals surface area contributed by atoms with Gasteiger partial charge in [-0.2, -0.15) is 5.26 Å². The number of nitrogens with one attached hydrogen (secondary N) is 1. The van der Waals surface area contributed by atoms with Crippen molar-refractivity contribution in [3.8, 4) is 17.2 Å². The fourth-order valence-electron chi connectivity index (χ4n) is 2.34. The molecule has 2 aromatic rings. The molecule has 0 radical (unpaired) electrons. The van der Waals surface area contributed by atoms with Crippen molar-refractivity contribution in [1.29, 1.82) is 5.26 Å². The number of rotatable bonds is 6. The van der Waals surface area contributed by atoms with Crippen LogP contribution in [0.2, 0.25) is 0 Å². The molecule has 0 saturated carbocycles. The molecule has 0 heterocycles. The zero-order valence-electron chi connectivity index (χ0n) is 14.7. The van der Waals surface area contributed by atoms with Crippen molar-refractivity contribution >= 4 is 29.9 Å². The maximum atomic E-state index is 9.20. The first-order valence-corrected chi connectivity index (χ1v) is 8.22. The number of benzene rings is 2. The average Bonchev–Trinajstić information content (AvgIpc) is 2.60. The maximum Gasteiger partial charge on any atom is 0.188 e. The smallest absolute Gasteiger partial charge is 0.188 e. The Kier molecular flexibility index (Phi) is 9.00. The van der Waals surface area contributed by atoms with Gasteiger partial charge in [0.1, 0.15) is 0 Å². The lowest BCUT2D eigenvalue weighted by Gasteiger charge is -2.08. The van der Waals surface area contributed by atoms with E-state index in [0.717, 1.165) is 29.7 Å². The van der Waals surface area contributed by atoms with Gasteiger partial charge in [-0.25, -0.2) is 4.99 Å². The highest BCUT2D eigenvalue weighted by molar-refractivity contribution is 14.0. The molecule has 132 valence electrons. The average molecular weight is 448 g/mol. The van der Waals surface area contributed by atoms with E-state index in [1.54, 1.807) is 0 Å². The third-order valence-corrected chi connectivity index (χ3v) is 3.77. The second kappa shape index (κ2) is 10.7. The molecule has 0 aliphatic heterocycles. The van der Waals surface area contributed by atoms with Crippen LogP contribution in [0.3, 0.4) is 0 Å². The van der Waals surface area contributed by atoms with Crippen molar-refractivity contribution in [3.05, 3.63) is 59.7 Å². The van der Waals surface area contributed by atoms with Gasteiger partial charge in [0.05, 0.1) is 18.2 Å². The molecule has 0 unspecified atom stereocenters. The minimum absolute atomic E-state index is 0. The van der Waals surface area contributed by atoms with E-state index in [9.17, 15) is 5.26 Å². The monoisotopic (exact) mass is 448 g/mol. The first-order valence-electron chi connectivity index (χ1n) is 8.22. The second-order valence-electron chi connectivity index (χ2n) is 6.17. The third kappa shape index (κ3) is 6.75. The molecule has 2 aromatic carbocycles. The molecule has 0 saturated heterocycles. The lowest BCUT2D eigenvalue weighted by atomic mass is 9.99. The summed E-state index contributed by atoms with van der Waals surface area (Å²) in [4.78, 5) is 4.36. The largest absolute Gasteiger partial charge is 0.370 e. The lowest BCUT2D eigenvalue weighted by Crippen LogP contribution is -2.32. The Bertz CT molecular complexity index is 730. The van der Waals surface area contributed by atoms with Crippen molar-refractivity contribution in [1.82, 2.24) is 5.32 Å². The number of halogens is 1. The number of nitriles is 1. The normalized spacial score (nSPS) is 10.9. The van der Waals surface area contributed by atoms with Gasteiger partial charge >= 0.3 is 0 Å². The van der Waals surface area contributed by atoms with E-state index in [4.69, 9.17) is 5.73 Å². The van der Waals surface area contributed by atoms with Crippen LogP contribution >= 0.6 is 24.0 Å². The van der Waals surface area contributed by atoms with Crippen LogP contribution in [0.4, 0.5) is 0 Å². The topological polar surface area (TPSA) is 74.2 Å². The summed E-state index contributed by atoms with van der Waals surface area (Å²) in [6, 6.07) is 17.9. The van der Waals surface area contributed by atoms with Gasteiger partial charge in [0.15, 0.2) is 5.96 Å². The molecule has 0 spiro atoms. The Labute approximate surface area is 167 Å². The van der Waals surface area contributed by atoms with E-state index in [1.165, 1.54) is 0 Å². The molecule has 0 fully saturated rings. The SMILES string of the molecule is CC(C)CCNC(N)=NCc1ccc(-c2ccccc2C#N)cc1.I. The predicted octanol–water partition coefficient (Wildman–Crippen LogP) is 4.29. The number of hydrogen-bond acceptors (Lipinski definition) is 2. The summed E-state index contributed by atoms with van der Waals surface area (Å²) in [5, 5.41) is 12.3. The molecule has 5 heteroatoms. The molecule has 0 aromatic heterocycles. The van der Waals surface area contributed by atoms with Gasteiger partial charge in [-0.3, -0.25) is 0 Å². The van der Waals surface area contributed by atoms with E-state index in [1.807, 2.05) is 48.5 Å². The highest BCUT2D eigenvalue weighted by Crippen LogP contribution is 2.23. The molecule has 0 amide bonds. The Balaban J connectivity index is 0.00000312. The summed E-state index contributed by atoms with van der Waals surface area (Å²) in [6.45, 7) is 5.75. The van der Waals surface area contributed by atoms with E-state index in [-0.39, 0.29) is 24.0 Å². The van der Waals surface area contributed by atoms with Gasteiger partial charge in [-0.15, -0.1) is 24.0 Å². The second-order valence-corrected chi connectivity index (χ2v) is 6.17. The summed E-state index contributed by atoms with van der Waals surface area (Å²) >= 11 is 0. The minimum Gasteiger partial charge on any atom is -0.370 e. The Morgan fingerprint density at radius 1 is 1.16 bits per heavy atom. The Morgan fingerprint density at radius 2 is 1.84 bits per heavy atom. The van der Waals surface area contributed by atoms with Crippen LogP contribution in [-0.4, -0.2) is 12.5 Å². The van der Waals surface area contributed by atoms with Crippen molar-refractivity contribution in [2.75, 3.05) is 6.54 Å². The zero-order valence-corrected chi connectivity index (χ0v) is 17.0. The summed E-state index contributed by atoms with van der Waals surface area (Å²) in [5.74, 6) is 1.13. The molecule has 0 aliphatic carbocycles. The first kappa shape index (κ1) is 21.0. The van der Waals surface area contributed by atoms with E-state index >= 15 is 0 Å². The van der Waals surface area contributed by atoms with E-state index in [2.05, 4.69) is 30.2 Å². The summed E-state index contributed by atoms with van der Waals surface area (Å²) in [6.07, 6.45) is 1.07. The standard InChI is InChI=1S/C20H24N4.HI/c1-15(2)11-12-23-20(22)24-14-16-7-9-17(10-8-16)19-6-4-3-5-18(19)13-21;/h3-10,15H,11-12,14H2,1-2H3,(H3,22,23,24);1H. The predicted molar refractivity (Wildman–Crippen MR) is 115 cm³/mol. The minimum atomic E-state index is 0. The van der Waals surface area contributed by atoms with Crippen molar-refractivity contribution in [2.45, 2.75) is 26.8 Å². The lowest BCUT2D eigenvalue weighted by molar-refractivity contribution is 0.576. The van der Waals surface area contributed by atoms with Crippen LogP contribution in [-0.2, 0) is 6.54 Å². The van der Waals surface area contributed by atoms with Crippen LogP contribution in [0.1, 0.15) is 31.4 Å². The Morgan fingerprint density at radius 3 is 2.48 bits per heavy atom. The molecule has 0 atom stereocenters. The van der Waals surface area contributed by atoms with E-state index in [0.29, 0.717) is 24.0 Å². The van der Waals surface area contributed by atoms with Crippen LogP contribution in [0.5, 0.6) is 0 Å². The van der Waals surface area contributed by atoms with Gasteiger partial charge in [-0.05, 0) is 35.1 Å². The van der Waals surface area contributed by atoms with Crippen LogP contribution in [0, 0.1) is 17.2 Å². The molecule has 25 heavy (non-hydrogen) atoms. The quantitative estimate of drug-likeness (QED) is 0.393. The Hall–Kier alpha value is -2.07. The van der Waals surface area contributed by atoms with E-state index < -0.39 is 0 Å². The van der Waals surface area contributed by atoms with Crippen molar-refractivity contribution in [2.24, 2.45) is 16.6 Å². The first-order chi connectivity index (χ1) is 11.6. The molecular weight excluding hydrogens is 423 g/mol. The molecule has 0 bridgehead atoms. The van der Waals surface area contributed by atoms with Gasteiger partial charge in [-0.1, -0.05) is 56.3 Å². The molecular formula is C20H25IN4. The number of aliphatic imine (C=N–C) groups is 1. The summed E-state index contributed by atoms with van der Waals surface area (Å²) < 4.78 is 0. The fraction of sp³-hybridized carbons (Fsp3) is 0.300.